The topological polar surface area (TPSA) is 153 Å². The molecule has 3 rings (SSSR count). The van der Waals surface area contributed by atoms with Crippen molar-refractivity contribution in [2.24, 2.45) is 11.0 Å². The number of amides is 1. The number of azide groups is 1. The van der Waals surface area contributed by atoms with E-state index in [0.29, 0.717) is 11.1 Å². The smallest absolute Gasteiger partial charge is 0.328 e. The van der Waals surface area contributed by atoms with Crippen molar-refractivity contribution in [2.75, 3.05) is 6.79 Å². The van der Waals surface area contributed by atoms with Crippen molar-refractivity contribution in [3.05, 3.63) is 99.7 Å². The van der Waals surface area contributed by atoms with Gasteiger partial charge in [-0.3, -0.25) is 9.59 Å². The zero-order valence-corrected chi connectivity index (χ0v) is 23.3. The summed E-state index contributed by atoms with van der Waals surface area (Å²) in [5, 5.41) is 5.94. The number of hydrogen-bond acceptors (Lipinski definition) is 8. The van der Waals surface area contributed by atoms with Crippen LogP contribution in [0.15, 0.2) is 65.9 Å². The fraction of sp³-hybridized carbons (Fsp3) is 0.310. The summed E-state index contributed by atoms with van der Waals surface area (Å²) < 4.78 is 43.2. The Morgan fingerprint density at radius 1 is 0.929 bits per heavy atom. The number of aromatic nitrogens is 1. The number of halogens is 2. The number of benzene rings is 2. The van der Waals surface area contributed by atoms with Crippen LogP contribution in [0.25, 0.3) is 10.4 Å². The number of ether oxygens (including phenoxy) is 3. The highest BCUT2D eigenvalue weighted by Gasteiger charge is 2.29. The molecule has 0 aliphatic heterocycles. The van der Waals surface area contributed by atoms with Gasteiger partial charge in [0.1, 0.15) is 23.8 Å². The highest BCUT2D eigenvalue weighted by atomic mass is 19.1. The fourth-order valence-corrected chi connectivity index (χ4v) is 3.93. The van der Waals surface area contributed by atoms with Gasteiger partial charge in [0.15, 0.2) is 11.4 Å². The molecule has 42 heavy (non-hydrogen) atoms. The van der Waals surface area contributed by atoms with E-state index in [0.717, 1.165) is 0 Å². The predicted octanol–water partition coefficient (Wildman–Crippen LogP) is 5.72. The van der Waals surface area contributed by atoms with E-state index in [1.807, 2.05) is 0 Å². The molecular formula is C29H29F2N5O6. The van der Waals surface area contributed by atoms with Gasteiger partial charge in [0.2, 0.25) is 6.79 Å². The van der Waals surface area contributed by atoms with Gasteiger partial charge in [-0.25, -0.2) is 18.6 Å². The number of nitrogens with zero attached hydrogens (tertiary/aromatic N) is 4. The number of carbonyl (C=O) groups excluding carboxylic acids is 3. The van der Waals surface area contributed by atoms with Crippen LogP contribution in [0, 0.1) is 17.6 Å². The molecule has 0 aliphatic carbocycles. The monoisotopic (exact) mass is 581 g/mol. The maximum atomic E-state index is 13.6. The van der Waals surface area contributed by atoms with Gasteiger partial charge in [-0.15, -0.1) is 0 Å². The van der Waals surface area contributed by atoms with E-state index < -0.39 is 60.3 Å². The van der Waals surface area contributed by atoms with Crippen LogP contribution in [0.3, 0.4) is 0 Å². The number of nitrogens with one attached hydrogen (secondary N) is 1. The standard InChI is InChI=1S/C29H29F2N5O6/c1-16(2)28(38)41-15-40-26-23(35-36-32)13-14-33-25(26)27(37)34-17(3)29(39)42-18(4)24(19-5-9-21(30)10-6-19)20-7-11-22(31)12-8-20/h5-14,16-18,24H,15H2,1-4H3,(H,34,37)/t17-,18?/m0/s1. The van der Waals surface area contributed by atoms with Gasteiger partial charge < -0.3 is 19.5 Å². The lowest BCUT2D eigenvalue weighted by Gasteiger charge is -2.26. The molecule has 0 bridgehead atoms. The van der Waals surface area contributed by atoms with Crippen molar-refractivity contribution < 1.29 is 37.4 Å². The van der Waals surface area contributed by atoms with Gasteiger partial charge in [-0.1, -0.05) is 43.2 Å². The fourth-order valence-electron chi connectivity index (χ4n) is 3.93. The molecule has 2 aromatic carbocycles. The van der Waals surface area contributed by atoms with Crippen LogP contribution >= 0.6 is 0 Å². The van der Waals surface area contributed by atoms with E-state index in [1.54, 1.807) is 45.0 Å². The Bertz CT molecular complexity index is 1410. The summed E-state index contributed by atoms with van der Waals surface area (Å²) in [5.41, 5.74) is 9.72. The maximum absolute atomic E-state index is 13.6. The maximum Gasteiger partial charge on any atom is 0.328 e. The van der Waals surface area contributed by atoms with Crippen LogP contribution in [0.5, 0.6) is 5.75 Å². The predicted molar refractivity (Wildman–Crippen MR) is 147 cm³/mol. The van der Waals surface area contributed by atoms with E-state index in [2.05, 4.69) is 20.3 Å². The summed E-state index contributed by atoms with van der Waals surface area (Å²) in [6, 6.07) is 11.4. The number of pyridine rings is 1. The first-order chi connectivity index (χ1) is 20.0. The largest absolute Gasteiger partial charge is 0.460 e. The van der Waals surface area contributed by atoms with Crippen LogP contribution in [0.2, 0.25) is 0 Å². The minimum Gasteiger partial charge on any atom is -0.460 e. The molecule has 220 valence electrons. The van der Waals surface area contributed by atoms with Crippen molar-refractivity contribution in [2.45, 2.75) is 45.8 Å². The van der Waals surface area contributed by atoms with Crippen molar-refractivity contribution in [3.63, 3.8) is 0 Å². The first-order valence-electron chi connectivity index (χ1n) is 12.9. The van der Waals surface area contributed by atoms with Gasteiger partial charge in [0.05, 0.1) is 11.6 Å². The number of carbonyl (C=O) groups is 3. The second kappa shape index (κ2) is 14.6. The van der Waals surface area contributed by atoms with Crippen LogP contribution in [0.1, 0.15) is 55.2 Å². The van der Waals surface area contributed by atoms with E-state index in [-0.39, 0.29) is 17.1 Å². The van der Waals surface area contributed by atoms with E-state index in [9.17, 15) is 23.2 Å². The Labute approximate surface area is 240 Å². The summed E-state index contributed by atoms with van der Waals surface area (Å²) in [6.45, 7) is 5.68. The summed E-state index contributed by atoms with van der Waals surface area (Å²) >= 11 is 0. The zero-order chi connectivity index (χ0) is 30.8. The zero-order valence-electron chi connectivity index (χ0n) is 23.3. The second-order valence-electron chi connectivity index (χ2n) is 9.50. The van der Waals surface area contributed by atoms with Gasteiger partial charge in [-0.2, -0.15) is 0 Å². The molecule has 2 atom stereocenters. The van der Waals surface area contributed by atoms with Crippen molar-refractivity contribution >= 4 is 23.5 Å². The molecule has 13 heteroatoms. The molecule has 0 spiro atoms. The first-order valence-corrected chi connectivity index (χ1v) is 12.9. The number of hydrogen-bond donors (Lipinski definition) is 1. The summed E-state index contributed by atoms with van der Waals surface area (Å²) in [4.78, 5) is 44.6. The third-order valence-electron chi connectivity index (χ3n) is 6.06. The molecular weight excluding hydrogens is 552 g/mol. The number of esters is 2. The van der Waals surface area contributed by atoms with Gasteiger partial charge in [0, 0.05) is 17.0 Å². The summed E-state index contributed by atoms with van der Waals surface area (Å²) in [6.07, 6.45) is 0.390. The molecule has 1 aromatic heterocycles. The Morgan fingerprint density at radius 2 is 1.50 bits per heavy atom. The first kappa shape index (κ1) is 31.5. The van der Waals surface area contributed by atoms with Crippen LogP contribution in [-0.2, 0) is 19.1 Å². The highest BCUT2D eigenvalue weighted by Crippen LogP contribution is 2.32. The lowest BCUT2D eigenvalue weighted by molar-refractivity contribution is -0.154. The Hall–Kier alpha value is -5.03. The van der Waals surface area contributed by atoms with Crippen molar-refractivity contribution in [3.8, 4) is 5.75 Å². The van der Waals surface area contributed by atoms with Gasteiger partial charge in [-0.05, 0) is 60.8 Å². The molecule has 11 nitrogen and oxygen atoms in total. The minimum atomic E-state index is -1.18. The van der Waals surface area contributed by atoms with Crippen LogP contribution < -0.4 is 10.1 Å². The average molecular weight is 582 g/mol. The molecule has 0 aliphatic rings. The molecule has 3 aromatic rings. The summed E-state index contributed by atoms with van der Waals surface area (Å²) in [5.74, 6) is -4.37. The lowest BCUT2D eigenvalue weighted by Crippen LogP contribution is -2.41. The van der Waals surface area contributed by atoms with Gasteiger partial charge >= 0.3 is 11.9 Å². The van der Waals surface area contributed by atoms with Crippen molar-refractivity contribution in [1.82, 2.24) is 10.3 Å². The minimum absolute atomic E-state index is 0.0939. The van der Waals surface area contributed by atoms with Crippen LogP contribution in [0.4, 0.5) is 14.5 Å². The highest BCUT2D eigenvalue weighted by molar-refractivity contribution is 5.98. The van der Waals surface area contributed by atoms with Crippen molar-refractivity contribution in [1.29, 1.82) is 0 Å². The Balaban J connectivity index is 1.77. The normalized spacial score (nSPS) is 12.2. The Kier molecular flexibility index (Phi) is 10.9. The molecule has 1 heterocycles. The SMILES string of the molecule is CC(C)C(=O)OCOc1c(N=[N+]=[N-])ccnc1C(=O)N[C@@H](C)C(=O)OC(C)C(c1ccc(F)cc1)c1ccc(F)cc1. The third-order valence-corrected chi connectivity index (χ3v) is 6.06. The van der Waals surface area contributed by atoms with E-state index in [4.69, 9.17) is 19.7 Å². The number of rotatable bonds is 12. The lowest BCUT2D eigenvalue weighted by atomic mass is 9.87. The average Bonchev–Trinajstić information content (AvgIpc) is 2.95. The second-order valence-corrected chi connectivity index (χ2v) is 9.50. The summed E-state index contributed by atoms with van der Waals surface area (Å²) in [7, 11) is 0. The molecule has 1 amide bonds. The molecule has 0 fully saturated rings. The third kappa shape index (κ3) is 8.24. The molecule has 0 saturated carbocycles. The van der Waals surface area contributed by atoms with E-state index >= 15 is 0 Å². The van der Waals surface area contributed by atoms with E-state index in [1.165, 1.54) is 43.5 Å². The quantitative estimate of drug-likeness (QED) is 0.0944. The molecule has 1 N–H and O–H groups in total. The van der Waals surface area contributed by atoms with Gasteiger partial charge in [0.25, 0.3) is 5.91 Å². The molecule has 1 unspecified atom stereocenters. The molecule has 0 radical (unpaired) electrons. The van der Waals surface area contributed by atoms with Crippen LogP contribution in [-0.4, -0.2) is 41.8 Å². The molecule has 0 saturated heterocycles. The Morgan fingerprint density at radius 3 is 2.02 bits per heavy atom.